The van der Waals surface area contributed by atoms with Gasteiger partial charge in [0.1, 0.15) is 11.6 Å². The SMILES string of the molecule is CC(C)(O)c1cc(S(=O)(=O)NC(=O)Nc2c3c(c(F)c4c2CCC4)CCC3)oc1C1CC1. The Bertz CT molecular complexity index is 1190. The van der Waals surface area contributed by atoms with Crippen molar-refractivity contribution >= 4 is 21.7 Å². The Hall–Kier alpha value is -2.39. The molecule has 9 heteroatoms. The number of urea groups is 1. The predicted molar refractivity (Wildman–Crippen MR) is 116 cm³/mol. The predicted octanol–water partition coefficient (Wildman–Crippen LogP) is 4.01. The van der Waals surface area contributed by atoms with E-state index in [1.807, 2.05) is 4.72 Å². The highest BCUT2D eigenvalue weighted by Gasteiger charge is 2.38. The fraction of sp³-hybridized carbons (Fsp3) is 0.522. The van der Waals surface area contributed by atoms with Gasteiger partial charge in [0.2, 0.25) is 5.09 Å². The molecule has 2 amide bonds. The molecule has 5 rings (SSSR count). The molecule has 3 aliphatic rings. The van der Waals surface area contributed by atoms with Crippen LogP contribution in [-0.2, 0) is 41.3 Å². The molecule has 0 radical (unpaired) electrons. The van der Waals surface area contributed by atoms with Gasteiger partial charge in [-0.2, -0.15) is 8.42 Å². The summed E-state index contributed by atoms with van der Waals surface area (Å²) in [4.78, 5) is 12.7. The summed E-state index contributed by atoms with van der Waals surface area (Å²) in [6.45, 7) is 3.13. The van der Waals surface area contributed by atoms with Gasteiger partial charge in [0.05, 0.1) is 5.60 Å². The molecular weight excluding hydrogens is 435 g/mol. The molecule has 0 aliphatic heterocycles. The van der Waals surface area contributed by atoms with Gasteiger partial charge in [-0.3, -0.25) is 0 Å². The molecule has 1 aromatic heterocycles. The zero-order valence-electron chi connectivity index (χ0n) is 18.2. The Morgan fingerprint density at radius 3 is 2.19 bits per heavy atom. The summed E-state index contributed by atoms with van der Waals surface area (Å²) < 4.78 is 48.2. The van der Waals surface area contributed by atoms with Crippen molar-refractivity contribution in [1.29, 1.82) is 0 Å². The van der Waals surface area contributed by atoms with Gasteiger partial charge >= 0.3 is 6.03 Å². The monoisotopic (exact) mass is 462 g/mol. The maximum atomic E-state index is 14.8. The van der Waals surface area contributed by atoms with Gasteiger partial charge in [-0.05, 0) is 87.5 Å². The Kier molecular flexibility index (Phi) is 4.90. The number of amides is 2. The van der Waals surface area contributed by atoms with Crippen molar-refractivity contribution in [2.75, 3.05) is 5.32 Å². The largest absolute Gasteiger partial charge is 0.447 e. The highest BCUT2D eigenvalue weighted by Crippen LogP contribution is 2.46. The lowest BCUT2D eigenvalue weighted by molar-refractivity contribution is 0.0765. The lowest BCUT2D eigenvalue weighted by Crippen LogP contribution is -2.34. The molecule has 2 aromatic rings. The number of carbonyl (C=O) groups is 1. The van der Waals surface area contributed by atoms with E-state index in [0.717, 1.165) is 36.8 Å². The number of sulfonamides is 1. The van der Waals surface area contributed by atoms with Crippen LogP contribution in [0.3, 0.4) is 0 Å². The molecule has 172 valence electrons. The first kappa shape index (κ1) is 21.5. The number of aliphatic hydroxyl groups is 1. The van der Waals surface area contributed by atoms with Crippen LogP contribution in [0, 0.1) is 5.82 Å². The van der Waals surface area contributed by atoms with E-state index in [1.54, 1.807) is 13.8 Å². The molecule has 1 fully saturated rings. The molecule has 32 heavy (non-hydrogen) atoms. The molecule has 0 saturated heterocycles. The topological polar surface area (TPSA) is 109 Å². The first-order chi connectivity index (χ1) is 15.1. The smallest absolute Gasteiger partial charge is 0.333 e. The minimum atomic E-state index is -4.30. The van der Waals surface area contributed by atoms with Gasteiger partial charge in [-0.15, -0.1) is 0 Å². The van der Waals surface area contributed by atoms with Crippen LogP contribution in [-0.4, -0.2) is 19.6 Å². The molecule has 0 unspecified atom stereocenters. The number of nitrogens with one attached hydrogen (secondary N) is 2. The fourth-order valence-corrected chi connectivity index (χ4v) is 5.86. The number of fused-ring (bicyclic) bond motifs is 2. The number of rotatable bonds is 5. The third-order valence-corrected chi connectivity index (χ3v) is 7.83. The second kappa shape index (κ2) is 7.31. The average molecular weight is 463 g/mol. The van der Waals surface area contributed by atoms with Crippen molar-refractivity contribution < 1.29 is 27.1 Å². The van der Waals surface area contributed by atoms with Crippen molar-refractivity contribution in [3.63, 3.8) is 0 Å². The Labute approximate surface area is 186 Å². The van der Waals surface area contributed by atoms with Crippen molar-refractivity contribution in [2.45, 2.75) is 81.8 Å². The van der Waals surface area contributed by atoms with Crippen molar-refractivity contribution in [3.8, 4) is 0 Å². The van der Waals surface area contributed by atoms with Gasteiger partial charge in [-0.25, -0.2) is 13.9 Å². The lowest BCUT2D eigenvalue weighted by Gasteiger charge is -2.17. The number of hydrogen-bond acceptors (Lipinski definition) is 5. The first-order valence-corrected chi connectivity index (χ1v) is 12.6. The number of benzene rings is 1. The Morgan fingerprint density at radius 1 is 1.09 bits per heavy atom. The zero-order chi connectivity index (χ0) is 22.8. The minimum absolute atomic E-state index is 0.0820. The molecule has 0 bridgehead atoms. The lowest BCUT2D eigenvalue weighted by atomic mass is 9.97. The van der Waals surface area contributed by atoms with Crippen LogP contribution in [0.4, 0.5) is 14.9 Å². The quantitative estimate of drug-likeness (QED) is 0.622. The summed E-state index contributed by atoms with van der Waals surface area (Å²) in [5.41, 5.74) is 2.51. The van der Waals surface area contributed by atoms with Gasteiger partial charge in [0.15, 0.2) is 0 Å². The normalized spacial score (nSPS) is 17.9. The molecule has 0 atom stereocenters. The molecule has 1 aromatic carbocycles. The number of halogens is 1. The van der Waals surface area contributed by atoms with Crippen LogP contribution < -0.4 is 10.0 Å². The van der Waals surface area contributed by atoms with Gasteiger partial charge in [0, 0.05) is 23.2 Å². The van der Waals surface area contributed by atoms with Gasteiger partial charge < -0.3 is 14.8 Å². The summed E-state index contributed by atoms with van der Waals surface area (Å²) in [6.07, 6.45) is 5.90. The first-order valence-electron chi connectivity index (χ1n) is 11.1. The van der Waals surface area contributed by atoms with Crippen LogP contribution in [0.25, 0.3) is 0 Å². The number of furan rings is 1. The summed E-state index contributed by atoms with van der Waals surface area (Å²) in [5.74, 6) is 0.372. The van der Waals surface area contributed by atoms with Crippen LogP contribution in [0.1, 0.15) is 79.0 Å². The van der Waals surface area contributed by atoms with Crippen LogP contribution in [0.15, 0.2) is 15.6 Å². The molecule has 1 heterocycles. The third kappa shape index (κ3) is 3.61. The van der Waals surface area contributed by atoms with Crippen LogP contribution in [0.5, 0.6) is 0 Å². The van der Waals surface area contributed by atoms with Gasteiger partial charge in [-0.1, -0.05) is 0 Å². The van der Waals surface area contributed by atoms with Crippen LogP contribution >= 0.6 is 0 Å². The summed E-state index contributed by atoms with van der Waals surface area (Å²) >= 11 is 0. The molecule has 1 saturated carbocycles. The molecule has 7 nitrogen and oxygen atoms in total. The highest BCUT2D eigenvalue weighted by atomic mass is 32.2. The maximum Gasteiger partial charge on any atom is 0.333 e. The number of anilines is 1. The summed E-state index contributed by atoms with van der Waals surface area (Å²) in [5, 5.41) is 12.7. The van der Waals surface area contributed by atoms with Crippen LogP contribution in [0.2, 0.25) is 0 Å². The molecule has 3 N–H and O–H groups in total. The summed E-state index contributed by atoms with van der Waals surface area (Å²) in [6, 6.07) is 0.380. The van der Waals surface area contributed by atoms with E-state index in [2.05, 4.69) is 5.32 Å². The van der Waals surface area contributed by atoms with E-state index in [0.29, 0.717) is 53.8 Å². The Balaban J connectivity index is 1.42. The van der Waals surface area contributed by atoms with E-state index in [4.69, 9.17) is 4.42 Å². The Morgan fingerprint density at radius 2 is 1.66 bits per heavy atom. The summed E-state index contributed by atoms with van der Waals surface area (Å²) in [7, 11) is -4.30. The van der Waals surface area contributed by atoms with E-state index in [9.17, 15) is 22.7 Å². The molecular formula is C23H27FN2O5S. The van der Waals surface area contributed by atoms with E-state index < -0.39 is 26.7 Å². The van der Waals surface area contributed by atoms with E-state index in [1.165, 1.54) is 6.07 Å². The second-order valence-electron chi connectivity index (χ2n) is 9.55. The third-order valence-electron chi connectivity index (χ3n) is 6.65. The number of hydrogen-bond donors (Lipinski definition) is 3. The minimum Gasteiger partial charge on any atom is -0.447 e. The zero-order valence-corrected chi connectivity index (χ0v) is 19.0. The fourth-order valence-electron chi connectivity index (χ4n) is 4.99. The van der Waals surface area contributed by atoms with Crippen molar-refractivity contribution in [2.24, 2.45) is 0 Å². The maximum absolute atomic E-state index is 14.8. The average Bonchev–Trinajstić information content (AvgIpc) is 3.15. The second-order valence-corrected chi connectivity index (χ2v) is 11.2. The highest BCUT2D eigenvalue weighted by molar-refractivity contribution is 7.89. The van der Waals surface area contributed by atoms with Crippen molar-refractivity contribution in [3.05, 3.63) is 45.5 Å². The van der Waals surface area contributed by atoms with E-state index >= 15 is 0 Å². The van der Waals surface area contributed by atoms with Gasteiger partial charge in [0.25, 0.3) is 10.0 Å². The molecule has 3 aliphatic carbocycles. The van der Waals surface area contributed by atoms with E-state index in [-0.39, 0.29) is 11.7 Å². The standard InChI is InChI=1S/C23H27FN2O5S/c1-23(2,28)17-11-18(31-21(17)12-9-10-12)32(29,30)26-22(27)25-20-15-7-3-5-13(15)19(24)14-6-4-8-16(14)20/h11-12,28H,3-10H2,1-2H3,(H2,25,26,27). The molecule has 0 spiro atoms. The van der Waals surface area contributed by atoms with Crippen molar-refractivity contribution in [1.82, 2.24) is 4.72 Å². The number of carbonyl (C=O) groups excluding carboxylic acids is 1.